The average molecular weight is 326 g/mol. The molecule has 0 aliphatic carbocycles. The lowest BCUT2D eigenvalue weighted by Gasteiger charge is -2.36. The minimum atomic E-state index is -4.33. The first kappa shape index (κ1) is 15.9. The van der Waals surface area contributed by atoms with Crippen molar-refractivity contribution in [2.75, 3.05) is 13.6 Å². The van der Waals surface area contributed by atoms with Crippen molar-refractivity contribution in [2.45, 2.75) is 31.0 Å². The number of nitrogens with one attached hydrogen (secondary N) is 1. The van der Waals surface area contributed by atoms with Crippen LogP contribution >= 0.6 is 0 Å². The number of hydrogen-bond acceptors (Lipinski definition) is 3. The standard InChI is InChI=1S/C16H17F3N2O2/c1-21-7-6-11(14-9-15(22)20-23-14)8-13(21)10-2-4-12(5-3-10)16(17,18)19/h2-5,9,11,13H,6-8H2,1H3,(H,20,22). The molecule has 1 saturated heterocycles. The largest absolute Gasteiger partial charge is 0.416 e. The Kier molecular flexibility index (Phi) is 4.06. The molecule has 2 heterocycles. The monoisotopic (exact) mass is 326 g/mol. The molecular formula is C16H17F3N2O2. The normalized spacial score (nSPS) is 23.1. The van der Waals surface area contributed by atoms with Crippen molar-refractivity contribution >= 4 is 0 Å². The summed E-state index contributed by atoms with van der Waals surface area (Å²) in [5.74, 6) is 0.692. The number of piperidine rings is 1. The summed E-state index contributed by atoms with van der Waals surface area (Å²) in [6.45, 7) is 0.783. The van der Waals surface area contributed by atoms with Crippen LogP contribution < -0.4 is 5.56 Å². The molecule has 1 aliphatic heterocycles. The van der Waals surface area contributed by atoms with Gasteiger partial charge in [-0.15, -0.1) is 0 Å². The second-order valence-electron chi connectivity index (χ2n) is 5.95. The van der Waals surface area contributed by atoms with Gasteiger partial charge in [-0.2, -0.15) is 18.3 Å². The Morgan fingerprint density at radius 3 is 2.52 bits per heavy atom. The molecule has 1 aromatic heterocycles. The molecule has 4 nitrogen and oxygen atoms in total. The number of nitrogens with zero attached hydrogens (tertiary/aromatic N) is 1. The van der Waals surface area contributed by atoms with Crippen molar-refractivity contribution in [3.05, 3.63) is 57.6 Å². The predicted octanol–water partition coefficient (Wildman–Crippen LogP) is 3.54. The lowest BCUT2D eigenvalue weighted by atomic mass is 9.86. The average Bonchev–Trinajstić information content (AvgIpc) is 2.94. The fraction of sp³-hybridized carbons (Fsp3) is 0.438. The Morgan fingerprint density at radius 2 is 1.96 bits per heavy atom. The molecule has 0 spiro atoms. The molecule has 0 radical (unpaired) electrons. The third-order valence-corrected chi connectivity index (χ3v) is 4.44. The van der Waals surface area contributed by atoms with Crippen molar-refractivity contribution in [1.82, 2.24) is 10.1 Å². The molecule has 1 fully saturated rings. The van der Waals surface area contributed by atoms with E-state index in [9.17, 15) is 18.0 Å². The molecule has 0 saturated carbocycles. The van der Waals surface area contributed by atoms with Crippen molar-refractivity contribution in [3.63, 3.8) is 0 Å². The van der Waals surface area contributed by atoms with E-state index in [-0.39, 0.29) is 17.5 Å². The molecule has 124 valence electrons. The lowest BCUT2D eigenvalue weighted by Crippen LogP contribution is -2.33. The van der Waals surface area contributed by atoms with Gasteiger partial charge in [-0.3, -0.25) is 9.69 Å². The molecule has 1 N–H and O–H groups in total. The number of hydrogen-bond donors (Lipinski definition) is 1. The quantitative estimate of drug-likeness (QED) is 0.918. The maximum Gasteiger partial charge on any atom is 0.416 e. The number of likely N-dealkylation sites (tertiary alicyclic amines) is 1. The molecular weight excluding hydrogens is 309 g/mol. The fourth-order valence-electron chi connectivity index (χ4n) is 3.12. The van der Waals surface area contributed by atoms with Gasteiger partial charge in [-0.05, 0) is 44.1 Å². The summed E-state index contributed by atoms with van der Waals surface area (Å²) < 4.78 is 43.2. The van der Waals surface area contributed by atoms with E-state index in [0.29, 0.717) is 12.2 Å². The van der Waals surface area contributed by atoms with E-state index in [1.165, 1.54) is 18.2 Å². The van der Waals surface area contributed by atoms with Crippen LogP contribution in [0.25, 0.3) is 0 Å². The number of aromatic amines is 1. The second-order valence-corrected chi connectivity index (χ2v) is 5.95. The van der Waals surface area contributed by atoms with Gasteiger partial charge in [0.1, 0.15) is 5.76 Å². The van der Waals surface area contributed by atoms with Gasteiger partial charge in [0.2, 0.25) is 0 Å². The van der Waals surface area contributed by atoms with Crippen molar-refractivity contribution < 1.29 is 17.7 Å². The number of alkyl halides is 3. The van der Waals surface area contributed by atoms with Gasteiger partial charge >= 0.3 is 6.18 Å². The van der Waals surface area contributed by atoms with Crippen LogP contribution in [0, 0.1) is 0 Å². The molecule has 1 aliphatic rings. The number of rotatable bonds is 2. The Balaban J connectivity index is 1.81. The minimum Gasteiger partial charge on any atom is -0.383 e. The zero-order valence-electron chi connectivity index (χ0n) is 12.6. The Hall–Kier alpha value is -2.02. The maximum atomic E-state index is 12.7. The summed E-state index contributed by atoms with van der Waals surface area (Å²) >= 11 is 0. The first-order chi connectivity index (χ1) is 10.8. The Morgan fingerprint density at radius 1 is 1.26 bits per heavy atom. The highest BCUT2D eigenvalue weighted by Gasteiger charge is 2.32. The molecule has 2 unspecified atom stereocenters. The highest BCUT2D eigenvalue weighted by molar-refractivity contribution is 5.27. The van der Waals surface area contributed by atoms with E-state index in [1.54, 1.807) is 0 Å². The van der Waals surface area contributed by atoms with Crippen LogP contribution in [-0.4, -0.2) is 23.6 Å². The highest BCUT2D eigenvalue weighted by Crippen LogP contribution is 2.39. The zero-order chi connectivity index (χ0) is 16.6. The Bertz CT molecular complexity index is 718. The molecule has 0 amide bonds. The summed E-state index contributed by atoms with van der Waals surface area (Å²) in [6.07, 6.45) is -2.79. The summed E-state index contributed by atoms with van der Waals surface area (Å²) in [6, 6.07) is 6.72. The molecule has 7 heteroatoms. The van der Waals surface area contributed by atoms with Gasteiger partial charge in [0.15, 0.2) is 0 Å². The predicted molar refractivity (Wildman–Crippen MR) is 78.1 cm³/mol. The van der Waals surface area contributed by atoms with E-state index < -0.39 is 11.7 Å². The van der Waals surface area contributed by atoms with Crippen LogP contribution in [0.4, 0.5) is 13.2 Å². The molecule has 1 aromatic carbocycles. The van der Waals surface area contributed by atoms with Gasteiger partial charge in [-0.1, -0.05) is 12.1 Å². The van der Waals surface area contributed by atoms with Gasteiger partial charge in [0.25, 0.3) is 5.56 Å². The van der Waals surface area contributed by atoms with Crippen LogP contribution in [-0.2, 0) is 6.18 Å². The fourth-order valence-corrected chi connectivity index (χ4v) is 3.12. The van der Waals surface area contributed by atoms with Gasteiger partial charge in [-0.25, -0.2) is 0 Å². The van der Waals surface area contributed by atoms with E-state index in [1.807, 2.05) is 7.05 Å². The Labute approximate surface area is 130 Å². The summed E-state index contributed by atoms with van der Waals surface area (Å²) in [5, 5.41) is 2.29. The molecule has 2 atom stereocenters. The number of halogens is 3. The van der Waals surface area contributed by atoms with Crippen LogP contribution in [0.3, 0.4) is 0 Å². The first-order valence-corrected chi connectivity index (χ1v) is 7.40. The summed E-state index contributed by atoms with van der Waals surface area (Å²) in [4.78, 5) is 13.3. The van der Waals surface area contributed by atoms with Crippen molar-refractivity contribution in [2.24, 2.45) is 0 Å². The van der Waals surface area contributed by atoms with Gasteiger partial charge < -0.3 is 4.52 Å². The van der Waals surface area contributed by atoms with Crippen LogP contribution in [0.5, 0.6) is 0 Å². The van der Waals surface area contributed by atoms with Crippen LogP contribution in [0.1, 0.15) is 41.7 Å². The topological polar surface area (TPSA) is 49.2 Å². The lowest BCUT2D eigenvalue weighted by molar-refractivity contribution is -0.137. The number of aromatic nitrogens is 1. The molecule has 2 aromatic rings. The SMILES string of the molecule is CN1CCC(c2cc(=O)[nH]o2)CC1c1ccc(C(F)(F)F)cc1. The van der Waals surface area contributed by atoms with Crippen molar-refractivity contribution in [1.29, 1.82) is 0 Å². The molecule has 3 rings (SSSR count). The smallest absolute Gasteiger partial charge is 0.383 e. The second kappa shape index (κ2) is 5.88. The van der Waals surface area contributed by atoms with E-state index in [0.717, 1.165) is 30.7 Å². The van der Waals surface area contributed by atoms with Crippen molar-refractivity contribution in [3.8, 4) is 0 Å². The van der Waals surface area contributed by atoms with E-state index in [2.05, 4.69) is 10.1 Å². The summed E-state index contributed by atoms with van der Waals surface area (Å²) in [7, 11) is 1.95. The third-order valence-electron chi connectivity index (χ3n) is 4.44. The van der Waals surface area contributed by atoms with Gasteiger partial charge in [0.05, 0.1) is 5.56 Å². The molecule has 23 heavy (non-hydrogen) atoms. The van der Waals surface area contributed by atoms with Gasteiger partial charge in [0, 0.05) is 18.0 Å². The maximum absolute atomic E-state index is 12.7. The number of benzene rings is 1. The number of H-pyrrole nitrogens is 1. The third kappa shape index (κ3) is 3.34. The summed E-state index contributed by atoms with van der Waals surface area (Å²) in [5.41, 5.74) is -0.0824. The minimum absolute atomic E-state index is 0.00349. The van der Waals surface area contributed by atoms with Crippen LogP contribution in [0.15, 0.2) is 39.6 Å². The zero-order valence-corrected chi connectivity index (χ0v) is 12.6. The van der Waals surface area contributed by atoms with Crippen LogP contribution in [0.2, 0.25) is 0 Å². The first-order valence-electron chi connectivity index (χ1n) is 7.40. The molecule has 0 bridgehead atoms. The van der Waals surface area contributed by atoms with E-state index in [4.69, 9.17) is 4.52 Å². The van der Waals surface area contributed by atoms with E-state index >= 15 is 0 Å². The highest BCUT2D eigenvalue weighted by atomic mass is 19.4.